The van der Waals surface area contributed by atoms with Gasteiger partial charge in [0.05, 0.1) is 12.7 Å². The van der Waals surface area contributed by atoms with Crippen LogP contribution in [-0.2, 0) is 11.3 Å². The highest BCUT2D eigenvalue weighted by atomic mass is 16.1. The molecule has 0 bridgehead atoms. The van der Waals surface area contributed by atoms with Crippen LogP contribution in [0.2, 0.25) is 0 Å². The summed E-state index contributed by atoms with van der Waals surface area (Å²) in [6.07, 6.45) is 7.09. The van der Waals surface area contributed by atoms with E-state index >= 15 is 0 Å². The first-order valence-electron chi connectivity index (χ1n) is 9.58. The molecule has 1 saturated heterocycles. The van der Waals surface area contributed by atoms with E-state index in [4.69, 9.17) is 0 Å². The van der Waals surface area contributed by atoms with Crippen molar-refractivity contribution in [2.75, 3.05) is 13.1 Å². The number of carbonyl (C=O) groups excluding carboxylic acids is 1. The van der Waals surface area contributed by atoms with Crippen LogP contribution < -0.4 is 5.32 Å². The fourth-order valence-corrected chi connectivity index (χ4v) is 3.34. The third-order valence-electron chi connectivity index (χ3n) is 4.94. The van der Waals surface area contributed by atoms with Gasteiger partial charge in [0.1, 0.15) is 5.69 Å². The van der Waals surface area contributed by atoms with Gasteiger partial charge in [0, 0.05) is 30.7 Å². The Bertz CT molecular complexity index is 767. The summed E-state index contributed by atoms with van der Waals surface area (Å²) < 4.78 is 1.77. The summed E-state index contributed by atoms with van der Waals surface area (Å²) in [5.74, 6) is -0.0678. The molecule has 1 aromatic carbocycles. The van der Waals surface area contributed by atoms with Crippen molar-refractivity contribution in [2.24, 2.45) is 0 Å². The molecular formula is C21H29N5O. The van der Waals surface area contributed by atoms with Crippen LogP contribution in [0.25, 0.3) is 6.08 Å². The molecule has 0 spiro atoms. The molecule has 1 aliphatic heterocycles. The number of nitrogens with zero attached hydrogens (tertiary/aromatic N) is 4. The lowest BCUT2D eigenvalue weighted by molar-refractivity contribution is -0.117. The summed E-state index contributed by atoms with van der Waals surface area (Å²) in [6.45, 7) is 9.41. The lowest BCUT2D eigenvalue weighted by Crippen LogP contribution is -2.50. The molecular weight excluding hydrogens is 338 g/mol. The van der Waals surface area contributed by atoms with E-state index in [0.29, 0.717) is 12.2 Å². The lowest BCUT2D eigenvalue weighted by Gasteiger charge is -2.40. The molecule has 2 heterocycles. The topological polar surface area (TPSA) is 63.1 Å². The van der Waals surface area contributed by atoms with Crippen molar-refractivity contribution in [2.45, 2.75) is 51.7 Å². The van der Waals surface area contributed by atoms with Gasteiger partial charge < -0.3 is 5.32 Å². The largest absolute Gasteiger partial charge is 0.350 e. The molecule has 144 valence electrons. The molecule has 6 nitrogen and oxygen atoms in total. The van der Waals surface area contributed by atoms with Gasteiger partial charge >= 0.3 is 0 Å². The van der Waals surface area contributed by atoms with Crippen molar-refractivity contribution in [3.05, 3.63) is 53.9 Å². The van der Waals surface area contributed by atoms with Crippen LogP contribution in [0.5, 0.6) is 0 Å². The first-order valence-corrected chi connectivity index (χ1v) is 9.58. The number of piperidine rings is 1. The van der Waals surface area contributed by atoms with Crippen LogP contribution in [0.1, 0.15) is 44.9 Å². The normalized spacial score (nSPS) is 16.7. The second kappa shape index (κ2) is 8.48. The molecule has 0 radical (unpaired) electrons. The molecule has 1 fully saturated rings. The molecule has 1 amide bonds. The van der Waals surface area contributed by atoms with Gasteiger partial charge in [-0.25, -0.2) is 4.68 Å². The van der Waals surface area contributed by atoms with Crippen LogP contribution in [0, 0.1) is 0 Å². The summed E-state index contributed by atoms with van der Waals surface area (Å²) in [4.78, 5) is 14.7. The fraction of sp³-hybridized carbons (Fsp3) is 0.476. The number of hydrogen-bond donors (Lipinski definition) is 1. The van der Waals surface area contributed by atoms with Crippen LogP contribution in [0.4, 0.5) is 0 Å². The number of carbonyl (C=O) groups is 1. The van der Waals surface area contributed by atoms with Crippen molar-refractivity contribution in [3.8, 4) is 0 Å². The second-order valence-electron chi connectivity index (χ2n) is 8.10. The molecule has 0 unspecified atom stereocenters. The average molecular weight is 367 g/mol. The number of nitrogens with one attached hydrogen (secondary N) is 1. The standard InChI is InChI=1S/C21H29N5O/c1-21(2,3)25-13-11-18(12-14-25)22-20(27)10-9-19-16-26(24-23-19)15-17-7-5-4-6-8-17/h4-10,16,18H,11-15H2,1-3H3,(H,22,27)/b10-9+. The Morgan fingerprint density at radius 2 is 1.93 bits per heavy atom. The molecule has 2 aromatic rings. The van der Waals surface area contributed by atoms with Crippen LogP contribution >= 0.6 is 0 Å². The average Bonchev–Trinajstić information content (AvgIpc) is 3.08. The fourth-order valence-electron chi connectivity index (χ4n) is 3.34. The molecule has 1 N–H and O–H groups in total. The minimum atomic E-state index is -0.0678. The zero-order valence-electron chi connectivity index (χ0n) is 16.4. The number of amides is 1. The lowest BCUT2D eigenvalue weighted by atomic mass is 9.98. The molecule has 1 aliphatic rings. The Kier molecular flexibility index (Phi) is 6.06. The van der Waals surface area contributed by atoms with Gasteiger partial charge in [-0.05, 0) is 45.3 Å². The van der Waals surface area contributed by atoms with Crippen molar-refractivity contribution in [1.29, 1.82) is 0 Å². The maximum Gasteiger partial charge on any atom is 0.244 e. The molecule has 0 aliphatic carbocycles. The number of benzene rings is 1. The van der Waals surface area contributed by atoms with Gasteiger partial charge in [0.2, 0.25) is 5.91 Å². The molecule has 0 saturated carbocycles. The summed E-state index contributed by atoms with van der Waals surface area (Å²) in [5, 5.41) is 11.3. The van der Waals surface area contributed by atoms with Crippen molar-refractivity contribution in [3.63, 3.8) is 0 Å². The zero-order valence-corrected chi connectivity index (χ0v) is 16.4. The van der Waals surface area contributed by atoms with Crippen molar-refractivity contribution >= 4 is 12.0 Å². The summed E-state index contributed by atoms with van der Waals surface area (Å²) >= 11 is 0. The van der Waals surface area contributed by atoms with E-state index in [1.807, 2.05) is 24.4 Å². The number of rotatable bonds is 5. The van der Waals surface area contributed by atoms with Crippen LogP contribution in [0.3, 0.4) is 0 Å². The van der Waals surface area contributed by atoms with Crippen molar-refractivity contribution < 1.29 is 4.79 Å². The van der Waals surface area contributed by atoms with Gasteiger partial charge in [0.15, 0.2) is 0 Å². The SMILES string of the molecule is CC(C)(C)N1CCC(NC(=O)/C=C/c2cn(Cc3ccccc3)nn2)CC1. The Labute approximate surface area is 161 Å². The Balaban J connectivity index is 1.47. The molecule has 6 heteroatoms. The van der Waals surface area contributed by atoms with Crippen LogP contribution in [-0.4, -0.2) is 50.5 Å². The predicted molar refractivity (Wildman–Crippen MR) is 107 cm³/mol. The van der Waals surface area contributed by atoms with Gasteiger partial charge in [0.25, 0.3) is 0 Å². The van der Waals surface area contributed by atoms with E-state index in [9.17, 15) is 4.79 Å². The minimum Gasteiger partial charge on any atom is -0.350 e. The van der Waals surface area contributed by atoms with E-state index in [0.717, 1.165) is 31.5 Å². The number of hydrogen-bond acceptors (Lipinski definition) is 4. The third-order valence-corrected chi connectivity index (χ3v) is 4.94. The first kappa shape index (κ1) is 19.3. The van der Waals surface area contributed by atoms with Crippen molar-refractivity contribution in [1.82, 2.24) is 25.2 Å². The third kappa shape index (κ3) is 5.76. The first-order chi connectivity index (χ1) is 12.9. The Morgan fingerprint density at radius 1 is 1.22 bits per heavy atom. The van der Waals surface area contributed by atoms with Gasteiger partial charge in [-0.1, -0.05) is 35.5 Å². The Morgan fingerprint density at radius 3 is 2.59 bits per heavy atom. The summed E-state index contributed by atoms with van der Waals surface area (Å²) in [7, 11) is 0. The number of likely N-dealkylation sites (tertiary alicyclic amines) is 1. The second-order valence-corrected chi connectivity index (χ2v) is 8.10. The monoisotopic (exact) mass is 367 g/mol. The van der Waals surface area contributed by atoms with E-state index in [1.165, 1.54) is 0 Å². The van der Waals surface area contributed by atoms with E-state index in [-0.39, 0.29) is 17.5 Å². The predicted octanol–water partition coefficient (Wildman–Crippen LogP) is 2.72. The molecule has 1 aromatic heterocycles. The maximum atomic E-state index is 12.2. The molecule has 0 atom stereocenters. The highest BCUT2D eigenvalue weighted by Crippen LogP contribution is 2.20. The molecule has 27 heavy (non-hydrogen) atoms. The summed E-state index contributed by atoms with van der Waals surface area (Å²) in [6, 6.07) is 10.3. The zero-order chi connectivity index (χ0) is 19.3. The van der Waals surface area contributed by atoms with Gasteiger partial charge in [-0.3, -0.25) is 9.69 Å². The minimum absolute atomic E-state index is 0.0678. The van der Waals surface area contributed by atoms with Crippen LogP contribution in [0.15, 0.2) is 42.6 Å². The smallest absolute Gasteiger partial charge is 0.244 e. The number of aromatic nitrogens is 3. The van der Waals surface area contributed by atoms with Gasteiger partial charge in [-0.2, -0.15) is 0 Å². The molecule has 3 rings (SSSR count). The van der Waals surface area contributed by atoms with E-state index < -0.39 is 0 Å². The maximum absolute atomic E-state index is 12.2. The van der Waals surface area contributed by atoms with E-state index in [1.54, 1.807) is 16.8 Å². The quantitative estimate of drug-likeness (QED) is 0.826. The highest BCUT2D eigenvalue weighted by molar-refractivity contribution is 5.91. The summed E-state index contributed by atoms with van der Waals surface area (Å²) in [5.41, 5.74) is 2.04. The van der Waals surface area contributed by atoms with E-state index in [2.05, 4.69) is 53.4 Å². The van der Waals surface area contributed by atoms with Gasteiger partial charge in [-0.15, -0.1) is 5.10 Å². The Hall–Kier alpha value is -2.47. The highest BCUT2D eigenvalue weighted by Gasteiger charge is 2.27.